The number of rotatable bonds is 8. The van der Waals surface area contributed by atoms with Crippen molar-refractivity contribution in [3.63, 3.8) is 0 Å². The molecule has 0 saturated carbocycles. The Labute approximate surface area is 198 Å². The third-order valence-corrected chi connectivity index (χ3v) is 6.73. The molecule has 2 heterocycles. The normalized spacial score (nSPS) is 27.3. The van der Waals surface area contributed by atoms with Crippen LogP contribution in [0.4, 0.5) is 0 Å². The summed E-state index contributed by atoms with van der Waals surface area (Å²) in [6.45, 7) is 9.88. The Kier molecular flexibility index (Phi) is 18.0. The maximum absolute atomic E-state index is 6.28. The van der Waals surface area contributed by atoms with E-state index >= 15 is 0 Å². The van der Waals surface area contributed by atoms with Gasteiger partial charge in [-0.25, -0.2) is 0 Å². The van der Waals surface area contributed by atoms with Crippen molar-refractivity contribution >= 4 is 11.8 Å². The lowest BCUT2D eigenvalue weighted by atomic mass is 10.1. The lowest BCUT2D eigenvalue weighted by molar-refractivity contribution is -0.102. The standard InChI is InChI=1S/C23H44O8S/c1-2-3-4-5-18-32-23(21-19-28-12-10-24-6-8-26-14-16-30-21)22-20-29-13-11-25-7-9-27-15-17-31-22/h21-23H,2-20H2,1H3. The molecule has 0 amide bonds. The minimum atomic E-state index is -0.118. The van der Waals surface area contributed by atoms with E-state index in [1.54, 1.807) is 0 Å². The molecule has 0 aromatic rings. The summed E-state index contributed by atoms with van der Waals surface area (Å²) in [6, 6.07) is 0. The molecule has 2 unspecified atom stereocenters. The fourth-order valence-electron chi connectivity index (χ4n) is 3.47. The molecule has 32 heavy (non-hydrogen) atoms. The van der Waals surface area contributed by atoms with Gasteiger partial charge in [-0.1, -0.05) is 26.2 Å². The van der Waals surface area contributed by atoms with Crippen molar-refractivity contribution in [2.75, 3.05) is 98.2 Å². The Bertz CT molecular complexity index is 363. The molecular weight excluding hydrogens is 436 g/mol. The van der Waals surface area contributed by atoms with Crippen LogP contribution >= 0.6 is 11.8 Å². The smallest absolute Gasteiger partial charge is 0.0953 e. The molecule has 0 aliphatic carbocycles. The molecule has 9 heteroatoms. The summed E-state index contributed by atoms with van der Waals surface area (Å²) in [5.41, 5.74) is 0. The zero-order valence-corrected chi connectivity index (χ0v) is 20.7. The van der Waals surface area contributed by atoms with Gasteiger partial charge in [0.05, 0.1) is 110 Å². The van der Waals surface area contributed by atoms with Crippen LogP contribution in [0.1, 0.15) is 32.6 Å². The van der Waals surface area contributed by atoms with Crippen LogP contribution in [-0.4, -0.2) is 116 Å². The van der Waals surface area contributed by atoms with Gasteiger partial charge in [0.1, 0.15) is 0 Å². The summed E-state index contributed by atoms with van der Waals surface area (Å²) >= 11 is 1.91. The molecular formula is C23H44O8S. The van der Waals surface area contributed by atoms with Gasteiger partial charge in [0.25, 0.3) is 0 Å². The molecule has 2 aliphatic heterocycles. The molecule has 2 aliphatic rings. The van der Waals surface area contributed by atoms with Crippen molar-refractivity contribution in [1.29, 1.82) is 0 Å². The minimum Gasteiger partial charge on any atom is -0.377 e. The Morgan fingerprint density at radius 1 is 0.562 bits per heavy atom. The molecule has 0 bridgehead atoms. The van der Waals surface area contributed by atoms with Crippen molar-refractivity contribution in [3.05, 3.63) is 0 Å². The van der Waals surface area contributed by atoms with E-state index in [4.69, 9.17) is 37.9 Å². The molecule has 190 valence electrons. The van der Waals surface area contributed by atoms with Gasteiger partial charge in [-0.15, -0.1) is 0 Å². The van der Waals surface area contributed by atoms with Crippen LogP contribution < -0.4 is 0 Å². The van der Waals surface area contributed by atoms with Crippen molar-refractivity contribution in [3.8, 4) is 0 Å². The maximum Gasteiger partial charge on any atom is 0.0953 e. The van der Waals surface area contributed by atoms with Gasteiger partial charge in [0.2, 0.25) is 0 Å². The molecule has 0 N–H and O–H groups in total. The van der Waals surface area contributed by atoms with Gasteiger partial charge in [-0.2, -0.15) is 11.8 Å². The molecule has 0 aromatic carbocycles. The zero-order chi connectivity index (χ0) is 22.5. The average molecular weight is 481 g/mol. The number of hydrogen-bond donors (Lipinski definition) is 0. The van der Waals surface area contributed by atoms with Gasteiger partial charge < -0.3 is 37.9 Å². The monoisotopic (exact) mass is 480 g/mol. The van der Waals surface area contributed by atoms with Gasteiger partial charge in [0, 0.05) is 0 Å². The zero-order valence-electron chi connectivity index (χ0n) is 19.8. The predicted molar refractivity (Wildman–Crippen MR) is 125 cm³/mol. The second-order valence-electron chi connectivity index (χ2n) is 7.81. The molecule has 2 fully saturated rings. The van der Waals surface area contributed by atoms with E-state index in [0.29, 0.717) is 92.5 Å². The summed E-state index contributed by atoms with van der Waals surface area (Å²) in [5.74, 6) is 1.06. The molecule has 2 atom stereocenters. The maximum atomic E-state index is 6.28. The first-order valence-corrected chi connectivity index (χ1v) is 13.3. The lowest BCUT2D eigenvalue weighted by Crippen LogP contribution is -2.45. The van der Waals surface area contributed by atoms with Crippen molar-refractivity contribution in [2.45, 2.75) is 50.1 Å². The number of ether oxygens (including phenoxy) is 8. The van der Waals surface area contributed by atoms with Gasteiger partial charge in [0.15, 0.2) is 0 Å². The van der Waals surface area contributed by atoms with E-state index in [1.165, 1.54) is 25.7 Å². The first kappa shape index (κ1) is 28.3. The van der Waals surface area contributed by atoms with E-state index in [9.17, 15) is 0 Å². The second kappa shape index (κ2) is 20.4. The van der Waals surface area contributed by atoms with Crippen molar-refractivity contribution in [2.24, 2.45) is 0 Å². The molecule has 0 radical (unpaired) electrons. The van der Waals surface area contributed by atoms with Crippen LogP contribution in [0.2, 0.25) is 0 Å². The van der Waals surface area contributed by atoms with Gasteiger partial charge in [-0.05, 0) is 12.2 Å². The van der Waals surface area contributed by atoms with Crippen LogP contribution in [0.5, 0.6) is 0 Å². The summed E-state index contributed by atoms with van der Waals surface area (Å²) in [4.78, 5) is 0. The second-order valence-corrected chi connectivity index (χ2v) is 9.10. The fraction of sp³-hybridized carbons (Fsp3) is 1.00. The quantitative estimate of drug-likeness (QED) is 0.487. The number of unbranched alkanes of at least 4 members (excludes halogenated alkanes) is 3. The van der Waals surface area contributed by atoms with Crippen LogP contribution in [0.25, 0.3) is 0 Å². The minimum absolute atomic E-state index is 0.0874. The number of thioether (sulfide) groups is 1. The predicted octanol–water partition coefficient (Wildman–Crippen LogP) is 2.57. The highest BCUT2D eigenvalue weighted by molar-refractivity contribution is 8.00. The Balaban J connectivity index is 2.00. The molecule has 2 saturated heterocycles. The highest BCUT2D eigenvalue weighted by Crippen LogP contribution is 2.26. The average Bonchev–Trinajstić information content (AvgIpc) is 2.78. The third kappa shape index (κ3) is 13.7. The highest BCUT2D eigenvalue weighted by Gasteiger charge is 2.32. The van der Waals surface area contributed by atoms with E-state index < -0.39 is 0 Å². The van der Waals surface area contributed by atoms with Crippen LogP contribution in [0.3, 0.4) is 0 Å². The first-order chi connectivity index (χ1) is 15.9. The van der Waals surface area contributed by atoms with Gasteiger partial charge in [-0.3, -0.25) is 0 Å². The molecule has 0 spiro atoms. The van der Waals surface area contributed by atoms with Crippen LogP contribution in [0, 0.1) is 0 Å². The topological polar surface area (TPSA) is 73.8 Å². The molecule has 8 nitrogen and oxygen atoms in total. The number of hydrogen-bond acceptors (Lipinski definition) is 9. The van der Waals surface area contributed by atoms with Gasteiger partial charge >= 0.3 is 0 Å². The van der Waals surface area contributed by atoms with E-state index in [-0.39, 0.29) is 17.5 Å². The highest BCUT2D eigenvalue weighted by atomic mass is 32.2. The largest absolute Gasteiger partial charge is 0.377 e. The summed E-state index contributed by atoms with van der Waals surface area (Å²) in [5, 5.41) is 0.0874. The fourth-order valence-corrected chi connectivity index (χ4v) is 4.86. The molecule has 0 aromatic heterocycles. The van der Waals surface area contributed by atoms with Crippen molar-refractivity contribution in [1.82, 2.24) is 0 Å². The summed E-state index contributed by atoms with van der Waals surface area (Å²) in [6.07, 6.45) is 4.70. The summed E-state index contributed by atoms with van der Waals surface area (Å²) in [7, 11) is 0. The van der Waals surface area contributed by atoms with E-state index in [1.807, 2.05) is 11.8 Å². The van der Waals surface area contributed by atoms with E-state index in [2.05, 4.69) is 6.92 Å². The molecule has 2 rings (SSSR count). The van der Waals surface area contributed by atoms with Crippen molar-refractivity contribution < 1.29 is 37.9 Å². The van der Waals surface area contributed by atoms with Crippen LogP contribution in [-0.2, 0) is 37.9 Å². The van der Waals surface area contributed by atoms with Crippen LogP contribution in [0.15, 0.2) is 0 Å². The lowest BCUT2D eigenvalue weighted by Gasteiger charge is -2.33. The SMILES string of the molecule is CCCCCCSC(C1COCCOCCOCCO1)C1COCCOCCOCCO1. The third-order valence-electron chi connectivity index (χ3n) is 5.21. The Morgan fingerprint density at radius 3 is 1.47 bits per heavy atom. The summed E-state index contributed by atoms with van der Waals surface area (Å²) < 4.78 is 46.7. The first-order valence-electron chi connectivity index (χ1n) is 12.2. The van der Waals surface area contributed by atoms with E-state index in [0.717, 1.165) is 5.75 Å². The Hall–Kier alpha value is 0.0300. The Morgan fingerprint density at radius 2 is 1.00 bits per heavy atom.